The molecule has 0 spiro atoms. The molecular formula is C22H25N3O3. The van der Waals surface area contributed by atoms with Gasteiger partial charge in [-0.15, -0.1) is 0 Å². The molecule has 2 aromatic carbocycles. The Kier molecular flexibility index (Phi) is 6.09. The first-order chi connectivity index (χ1) is 13.5. The minimum Gasteiger partial charge on any atom is -0.342 e. The lowest BCUT2D eigenvalue weighted by atomic mass is 10.0. The number of nitrogens with one attached hydrogen (secondary N) is 1. The van der Waals surface area contributed by atoms with Crippen molar-refractivity contribution in [3.05, 3.63) is 65.2 Å². The molecule has 1 aliphatic heterocycles. The number of benzene rings is 2. The van der Waals surface area contributed by atoms with Crippen molar-refractivity contribution in [2.24, 2.45) is 0 Å². The zero-order chi connectivity index (χ0) is 20.1. The van der Waals surface area contributed by atoms with E-state index in [4.69, 9.17) is 0 Å². The zero-order valence-corrected chi connectivity index (χ0v) is 16.2. The highest BCUT2D eigenvalue weighted by Crippen LogP contribution is 2.18. The van der Waals surface area contributed by atoms with Gasteiger partial charge in [-0.1, -0.05) is 26.0 Å². The number of amides is 3. The number of hydrogen-bond acceptors (Lipinski definition) is 3. The summed E-state index contributed by atoms with van der Waals surface area (Å²) in [6.45, 7) is 6.38. The van der Waals surface area contributed by atoms with Gasteiger partial charge < -0.3 is 15.1 Å². The van der Waals surface area contributed by atoms with Gasteiger partial charge in [0, 0.05) is 43.0 Å². The van der Waals surface area contributed by atoms with Crippen LogP contribution < -0.4 is 5.32 Å². The lowest BCUT2D eigenvalue weighted by Crippen LogP contribution is -2.48. The van der Waals surface area contributed by atoms with Crippen LogP contribution in [0.3, 0.4) is 0 Å². The quantitative estimate of drug-likeness (QED) is 0.812. The van der Waals surface area contributed by atoms with E-state index in [2.05, 4.69) is 19.2 Å². The van der Waals surface area contributed by atoms with Crippen molar-refractivity contribution in [2.45, 2.75) is 19.8 Å². The second-order valence-electron chi connectivity index (χ2n) is 7.24. The molecule has 1 heterocycles. The highest BCUT2D eigenvalue weighted by atomic mass is 16.2. The number of nitrogens with zero attached hydrogens (tertiary/aromatic N) is 2. The third kappa shape index (κ3) is 4.57. The summed E-state index contributed by atoms with van der Waals surface area (Å²) in [5, 5.41) is 2.87. The summed E-state index contributed by atoms with van der Waals surface area (Å²) in [7, 11) is 0. The molecule has 1 saturated heterocycles. The van der Waals surface area contributed by atoms with Crippen LogP contribution in [-0.2, 0) is 4.79 Å². The van der Waals surface area contributed by atoms with E-state index >= 15 is 0 Å². The smallest absolute Gasteiger partial charge is 0.255 e. The Morgan fingerprint density at radius 1 is 0.893 bits per heavy atom. The van der Waals surface area contributed by atoms with Crippen LogP contribution in [0.4, 0.5) is 5.69 Å². The molecule has 28 heavy (non-hydrogen) atoms. The van der Waals surface area contributed by atoms with Crippen LogP contribution >= 0.6 is 0 Å². The summed E-state index contributed by atoms with van der Waals surface area (Å²) in [5.41, 5.74) is 2.99. The maximum absolute atomic E-state index is 12.6. The predicted octanol–water partition coefficient (Wildman–Crippen LogP) is 2.98. The van der Waals surface area contributed by atoms with Crippen LogP contribution in [0.1, 0.15) is 46.0 Å². The van der Waals surface area contributed by atoms with Crippen LogP contribution in [0.5, 0.6) is 0 Å². The van der Waals surface area contributed by atoms with E-state index in [1.807, 2.05) is 24.3 Å². The number of hydrogen-bond donors (Lipinski definition) is 1. The third-order valence-electron chi connectivity index (χ3n) is 4.98. The predicted molar refractivity (Wildman–Crippen MR) is 108 cm³/mol. The van der Waals surface area contributed by atoms with Gasteiger partial charge in [-0.3, -0.25) is 14.4 Å². The SMILES string of the molecule is CC(C)c1ccc(NC(=O)c2ccc(C(=O)N3CCN(C=O)CC3)cc2)cc1. The minimum absolute atomic E-state index is 0.0817. The molecule has 1 N–H and O–H groups in total. The van der Waals surface area contributed by atoms with Crippen molar-refractivity contribution in [3.8, 4) is 0 Å². The van der Waals surface area contributed by atoms with Gasteiger partial charge in [0.25, 0.3) is 11.8 Å². The van der Waals surface area contributed by atoms with E-state index in [0.29, 0.717) is 43.2 Å². The molecule has 3 rings (SSSR count). The first kappa shape index (κ1) is 19.6. The second kappa shape index (κ2) is 8.69. The second-order valence-corrected chi connectivity index (χ2v) is 7.24. The van der Waals surface area contributed by atoms with E-state index in [0.717, 1.165) is 12.1 Å². The van der Waals surface area contributed by atoms with Crippen LogP contribution in [0.25, 0.3) is 0 Å². The van der Waals surface area contributed by atoms with Gasteiger partial charge in [-0.25, -0.2) is 0 Å². The van der Waals surface area contributed by atoms with Gasteiger partial charge in [0.05, 0.1) is 0 Å². The molecule has 0 unspecified atom stereocenters. The molecule has 0 saturated carbocycles. The molecule has 146 valence electrons. The van der Waals surface area contributed by atoms with Crippen molar-refractivity contribution in [2.75, 3.05) is 31.5 Å². The van der Waals surface area contributed by atoms with Crippen molar-refractivity contribution in [3.63, 3.8) is 0 Å². The summed E-state index contributed by atoms with van der Waals surface area (Å²) in [5.74, 6) is 0.147. The lowest BCUT2D eigenvalue weighted by molar-refractivity contribution is -0.119. The average Bonchev–Trinajstić information content (AvgIpc) is 2.73. The summed E-state index contributed by atoms with van der Waals surface area (Å²) in [4.78, 5) is 39.2. The Morgan fingerprint density at radius 3 is 2.00 bits per heavy atom. The van der Waals surface area contributed by atoms with Crippen molar-refractivity contribution in [1.82, 2.24) is 9.80 Å². The van der Waals surface area contributed by atoms with E-state index in [-0.39, 0.29) is 11.8 Å². The first-order valence-electron chi connectivity index (χ1n) is 9.48. The minimum atomic E-state index is -0.212. The number of rotatable bonds is 5. The summed E-state index contributed by atoms with van der Waals surface area (Å²) < 4.78 is 0. The Bertz CT molecular complexity index is 836. The van der Waals surface area contributed by atoms with E-state index < -0.39 is 0 Å². The summed E-state index contributed by atoms with van der Waals surface area (Å²) in [6.07, 6.45) is 0.811. The molecule has 6 heteroatoms. The van der Waals surface area contributed by atoms with Crippen LogP contribution in [-0.4, -0.2) is 54.2 Å². The average molecular weight is 379 g/mol. The van der Waals surface area contributed by atoms with Crippen molar-refractivity contribution in [1.29, 1.82) is 0 Å². The standard InChI is InChI=1S/C22H25N3O3/c1-16(2)17-7-9-20(10-8-17)23-21(27)18-3-5-19(6-4-18)22(28)25-13-11-24(15-26)12-14-25/h3-10,15-16H,11-14H2,1-2H3,(H,23,27). The fraction of sp³-hybridized carbons (Fsp3) is 0.318. The fourth-order valence-corrected chi connectivity index (χ4v) is 3.13. The molecule has 0 atom stereocenters. The Morgan fingerprint density at radius 2 is 1.46 bits per heavy atom. The van der Waals surface area contributed by atoms with Gasteiger partial charge in [-0.2, -0.15) is 0 Å². The molecule has 1 aliphatic rings. The highest BCUT2D eigenvalue weighted by Gasteiger charge is 2.21. The Labute approximate surface area is 165 Å². The van der Waals surface area contributed by atoms with Gasteiger partial charge >= 0.3 is 0 Å². The number of carbonyl (C=O) groups excluding carboxylic acids is 3. The molecule has 1 fully saturated rings. The molecule has 0 aromatic heterocycles. The molecule has 3 amide bonds. The monoisotopic (exact) mass is 379 g/mol. The molecular weight excluding hydrogens is 354 g/mol. The molecule has 0 bridgehead atoms. The summed E-state index contributed by atoms with van der Waals surface area (Å²) in [6, 6.07) is 14.5. The van der Waals surface area contributed by atoms with Gasteiger partial charge in [-0.05, 0) is 47.9 Å². The van der Waals surface area contributed by atoms with Crippen LogP contribution in [0.2, 0.25) is 0 Å². The maximum Gasteiger partial charge on any atom is 0.255 e. The molecule has 6 nitrogen and oxygen atoms in total. The topological polar surface area (TPSA) is 69.7 Å². The van der Waals surface area contributed by atoms with Gasteiger partial charge in [0.2, 0.25) is 6.41 Å². The zero-order valence-electron chi connectivity index (χ0n) is 16.2. The van der Waals surface area contributed by atoms with Gasteiger partial charge in [0.1, 0.15) is 0 Å². The van der Waals surface area contributed by atoms with Crippen LogP contribution in [0, 0.1) is 0 Å². The normalized spacial score (nSPS) is 14.1. The maximum atomic E-state index is 12.6. The first-order valence-corrected chi connectivity index (χ1v) is 9.48. The van der Waals surface area contributed by atoms with Crippen molar-refractivity contribution >= 4 is 23.9 Å². The Balaban J connectivity index is 1.61. The molecule has 0 aliphatic carbocycles. The highest BCUT2D eigenvalue weighted by molar-refractivity contribution is 6.05. The van der Waals surface area contributed by atoms with Crippen molar-refractivity contribution < 1.29 is 14.4 Å². The van der Waals surface area contributed by atoms with E-state index in [9.17, 15) is 14.4 Å². The molecule has 0 radical (unpaired) electrons. The Hall–Kier alpha value is -3.15. The third-order valence-corrected chi connectivity index (χ3v) is 4.98. The summed E-state index contributed by atoms with van der Waals surface area (Å²) >= 11 is 0. The number of carbonyl (C=O) groups is 3. The number of piperazine rings is 1. The fourth-order valence-electron chi connectivity index (χ4n) is 3.13. The number of anilines is 1. The van der Waals surface area contributed by atoms with E-state index in [1.54, 1.807) is 34.1 Å². The van der Waals surface area contributed by atoms with Crippen LogP contribution in [0.15, 0.2) is 48.5 Å². The molecule has 2 aromatic rings. The largest absolute Gasteiger partial charge is 0.342 e. The lowest BCUT2D eigenvalue weighted by Gasteiger charge is -2.32. The van der Waals surface area contributed by atoms with E-state index in [1.165, 1.54) is 5.56 Å². The van der Waals surface area contributed by atoms with Gasteiger partial charge in [0.15, 0.2) is 0 Å².